The van der Waals surface area contributed by atoms with Gasteiger partial charge in [-0.1, -0.05) is 11.6 Å². The number of anilines is 1. The number of halogens is 1. The van der Waals surface area contributed by atoms with E-state index in [4.69, 9.17) is 16.3 Å². The molecule has 25 heavy (non-hydrogen) atoms. The summed E-state index contributed by atoms with van der Waals surface area (Å²) in [5, 5.41) is 4.65. The lowest BCUT2D eigenvalue weighted by atomic mass is 9.83. The van der Waals surface area contributed by atoms with E-state index in [9.17, 15) is 4.79 Å². The normalized spacial score (nSPS) is 11.6. The number of methoxy groups -OCH3 is 1. The zero-order valence-corrected chi connectivity index (χ0v) is 15.5. The van der Waals surface area contributed by atoms with Crippen molar-refractivity contribution in [3.8, 4) is 5.75 Å². The van der Waals surface area contributed by atoms with Gasteiger partial charge in [0.2, 0.25) is 5.91 Å². The summed E-state index contributed by atoms with van der Waals surface area (Å²) in [6.07, 6.45) is 1.89. The number of carbonyl (C=O) groups excluding carboxylic acids is 1. The molecule has 1 heterocycles. The first-order chi connectivity index (χ1) is 11.8. The number of ether oxygens (including phenoxy) is 1. The average molecular weight is 357 g/mol. The SMILES string of the molecule is COc1ccc2[nH]cc(C(C)(C)C(=O)Nc3ccc(Cl)cc3C)c2c1. The van der Waals surface area contributed by atoms with Crippen LogP contribution in [0.25, 0.3) is 10.9 Å². The second-order valence-corrected chi connectivity index (χ2v) is 7.09. The summed E-state index contributed by atoms with van der Waals surface area (Å²) in [7, 11) is 1.63. The van der Waals surface area contributed by atoms with Crippen molar-refractivity contribution in [2.24, 2.45) is 0 Å². The topological polar surface area (TPSA) is 54.1 Å². The Morgan fingerprint density at radius 1 is 1.20 bits per heavy atom. The van der Waals surface area contributed by atoms with Crippen LogP contribution >= 0.6 is 11.6 Å². The molecule has 0 bridgehead atoms. The Hall–Kier alpha value is -2.46. The van der Waals surface area contributed by atoms with E-state index in [2.05, 4.69) is 10.3 Å². The molecule has 0 aliphatic heterocycles. The molecule has 0 fully saturated rings. The minimum Gasteiger partial charge on any atom is -0.497 e. The van der Waals surface area contributed by atoms with Crippen molar-refractivity contribution in [1.82, 2.24) is 4.98 Å². The Morgan fingerprint density at radius 3 is 2.64 bits per heavy atom. The number of fused-ring (bicyclic) bond motifs is 1. The fourth-order valence-electron chi connectivity index (χ4n) is 2.91. The van der Waals surface area contributed by atoms with Gasteiger partial charge in [0.1, 0.15) is 5.75 Å². The van der Waals surface area contributed by atoms with Crippen LogP contribution in [0.4, 0.5) is 5.69 Å². The van der Waals surface area contributed by atoms with E-state index in [0.717, 1.165) is 33.5 Å². The number of rotatable bonds is 4. The van der Waals surface area contributed by atoms with Crippen molar-refractivity contribution in [2.75, 3.05) is 12.4 Å². The third kappa shape index (κ3) is 3.22. The van der Waals surface area contributed by atoms with Gasteiger partial charge in [0.05, 0.1) is 12.5 Å². The number of hydrogen-bond donors (Lipinski definition) is 2. The van der Waals surface area contributed by atoms with Gasteiger partial charge in [0.15, 0.2) is 0 Å². The molecule has 4 nitrogen and oxygen atoms in total. The summed E-state index contributed by atoms with van der Waals surface area (Å²) >= 11 is 5.99. The summed E-state index contributed by atoms with van der Waals surface area (Å²) in [6.45, 7) is 5.75. The van der Waals surface area contributed by atoms with E-state index >= 15 is 0 Å². The molecule has 0 aliphatic rings. The van der Waals surface area contributed by atoms with Gasteiger partial charge in [-0.05, 0) is 68.3 Å². The first kappa shape index (κ1) is 17.4. The second kappa shape index (κ2) is 6.45. The second-order valence-electron chi connectivity index (χ2n) is 6.65. The van der Waals surface area contributed by atoms with E-state index in [1.54, 1.807) is 13.2 Å². The number of aryl methyl sites for hydroxylation is 1. The number of aromatic nitrogens is 1. The number of aromatic amines is 1. The van der Waals surface area contributed by atoms with Crippen molar-refractivity contribution < 1.29 is 9.53 Å². The Bertz CT molecular complexity index is 944. The standard InChI is InChI=1S/C20H21ClN2O2/c1-12-9-13(21)5-7-17(12)23-19(24)20(2,3)16-11-22-18-8-6-14(25-4)10-15(16)18/h5-11,22H,1-4H3,(H,23,24). The van der Waals surface area contributed by atoms with Gasteiger partial charge in [-0.2, -0.15) is 0 Å². The minimum absolute atomic E-state index is 0.0818. The Morgan fingerprint density at radius 2 is 1.96 bits per heavy atom. The van der Waals surface area contributed by atoms with Gasteiger partial charge in [-0.15, -0.1) is 0 Å². The molecule has 1 amide bonds. The maximum absolute atomic E-state index is 13.0. The highest BCUT2D eigenvalue weighted by Crippen LogP contribution is 2.34. The lowest BCUT2D eigenvalue weighted by molar-refractivity contribution is -0.120. The molecule has 0 saturated carbocycles. The number of H-pyrrole nitrogens is 1. The minimum atomic E-state index is -0.726. The van der Waals surface area contributed by atoms with E-state index in [1.165, 1.54) is 0 Å². The molecule has 1 aromatic heterocycles. The lowest BCUT2D eigenvalue weighted by Crippen LogP contribution is -2.34. The van der Waals surface area contributed by atoms with Crippen LogP contribution < -0.4 is 10.1 Å². The van der Waals surface area contributed by atoms with Crippen molar-refractivity contribution >= 4 is 34.1 Å². The molecule has 3 rings (SSSR count). The first-order valence-corrected chi connectivity index (χ1v) is 8.44. The van der Waals surface area contributed by atoms with Gasteiger partial charge in [-0.3, -0.25) is 4.79 Å². The van der Waals surface area contributed by atoms with Gasteiger partial charge in [-0.25, -0.2) is 0 Å². The molecule has 3 aromatic rings. The Balaban J connectivity index is 1.96. The van der Waals surface area contributed by atoms with Gasteiger partial charge >= 0.3 is 0 Å². The molecule has 0 radical (unpaired) electrons. The molecule has 0 saturated heterocycles. The number of amides is 1. The zero-order chi connectivity index (χ0) is 18.2. The van der Waals surface area contributed by atoms with Crippen LogP contribution in [0.2, 0.25) is 5.02 Å². The van der Waals surface area contributed by atoms with Crippen LogP contribution in [0.5, 0.6) is 5.75 Å². The molecule has 2 aromatic carbocycles. The average Bonchev–Trinajstić information content (AvgIpc) is 3.00. The number of nitrogens with one attached hydrogen (secondary N) is 2. The highest BCUT2D eigenvalue weighted by molar-refractivity contribution is 6.30. The van der Waals surface area contributed by atoms with Gasteiger partial charge < -0.3 is 15.0 Å². The maximum atomic E-state index is 13.0. The van der Waals surface area contributed by atoms with E-state index in [1.807, 2.05) is 57.3 Å². The summed E-state index contributed by atoms with van der Waals surface area (Å²) in [5.41, 5.74) is 2.86. The number of hydrogen-bond acceptors (Lipinski definition) is 2. The van der Waals surface area contributed by atoms with Crippen LogP contribution in [-0.2, 0) is 10.2 Å². The fourth-order valence-corrected chi connectivity index (χ4v) is 3.14. The van der Waals surface area contributed by atoms with Crippen molar-refractivity contribution in [3.05, 3.63) is 58.7 Å². The molecule has 5 heteroatoms. The molecule has 0 aliphatic carbocycles. The van der Waals surface area contributed by atoms with Crippen LogP contribution in [-0.4, -0.2) is 18.0 Å². The molecule has 130 valence electrons. The summed E-state index contributed by atoms with van der Waals surface area (Å²) in [4.78, 5) is 16.2. The molecule has 0 atom stereocenters. The van der Waals surface area contributed by atoms with E-state index < -0.39 is 5.41 Å². The molecular weight excluding hydrogens is 336 g/mol. The van der Waals surface area contributed by atoms with E-state index in [-0.39, 0.29) is 5.91 Å². The number of benzene rings is 2. The summed E-state index contributed by atoms with van der Waals surface area (Å²) in [5.74, 6) is 0.680. The fraction of sp³-hybridized carbons (Fsp3) is 0.250. The van der Waals surface area contributed by atoms with Gasteiger partial charge in [0.25, 0.3) is 0 Å². The molecule has 0 unspecified atom stereocenters. The van der Waals surface area contributed by atoms with Crippen molar-refractivity contribution in [1.29, 1.82) is 0 Å². The largest absolute Gasteiger partial charge is 0.497 e. The van der Waals surface area contributed by atoms with Crippen LogP contribution in [0.3, 0.4) is 0 Å². The third-order valence-electron chi connectivity index (χ3n) is 4.57. The van der Waals surface area contributed by atoms with Crippen LogP contribution in [0.1, 0.15) is 25.0 Å². The third-order valence-corrected chi connectivity index (χ3v) is 4.80. The monoisotopic (exact) mass is 356 g/mol. The van der Waals surface area contributed by atoms with Crippen LogP contribution in [0, 0.1) is 6.92 Å². The van der Waals surface area contributed by atoms with Crippen molar-refractivity contribution in [3.63, 3.8) is 0 Å². The quantitative estimate of drug-likeness (QED) is 0.686. The Kier molecular flexibility index (Phi) is 4.48. The first-order valence-electron chi connectivity index (χ1n) is 8.06. The maximum Gasteiger partial charge on any atom is 0.234 e. The highest BCUT2D eigenvalue weighted by atomic mass is 35.5. The Labute approximate surface area is 152 Å². The van der Waals surface area contributed by atoms with Crippen molar-refractivity contribution in [2.45, 2.75) is 26.2 Å². The zero-order valence-electron chi connectivity index (χ0n) is 14.7. The smallest absolute Gasteiger partial charge is 0.234 e. The molecular formula is C20H21ClN2O2. The predicted molar refractivity (Wildman–Crippen MR) is 103 cm³/mol. The van der Waals surface area contributed by atoms with Crippen LogP contribution in [0.15, 0.2) is 42.6 Å². The highest BCUT2D eigenvalue weighted by Gasteiger charge is 2.32. The number of carbonyl (C=O) groups is 1. The molecule has 2 N–H and O–H groups in total. The van der Waals surface area contributed by atoms with Gasteiger partial charge in [0, 0.05) is 27.8 Å². The lowest BCUT2D eigenvalue weighted by Gasteiger charge is -2.24. The molecule has 0 spiro atoms. The summed E-state index contributed by atoms with van der Waals surface area (Å²) in [6, 6.07) is 11.2. The predicted octanol–water partition coefficient (Wildman–Crippen LogP) is 5.05. The summed E-state index contributed by atoms with van der Waals surface area (Å²) < 4.78 is 5.32. The van der Waals surface area contributed by atoms with E-state index in [0.29, 0.717) is 5.02 Å².